The standard InChI is InChI=1S/C11H25BrS/c1-4-7-8-11-13(12,9-5-2)10-6-3/h4-11H2,1-3H3. The summed E-state index contributed by atoms with van der Waals surface area (Å²) in [7, 11) is -0.399. The summed E-state index contributed by atoms with van der Waals surface area (Å²) in [6.45, 7) is 6.89. The van der Waals surface area contributed by atoms with Gasteiger partial charge in [0.1, 0.15) is 0 Å². The molecule has 0 aromatic heterocycles. The van der Waals surface area contributed by atoms with E-state index in [1.54, 1.807) is 0 Å². The Balaban J connectivity index is 3.76. The second-order valence-electron chi connectivity index (χ2n) is 3.76. The summed E-state index contributed by atoms with van der Waals surface area (Å²) in [6.07, 6.45) is 6.87. The summed E-state index contributed by atoms with van der Waals surface area (Å²) in [6, 6.07) is 0. The molecule has 0 aliphatic carbocycles. The van der Waals surface area contributed by atoms with Gasteiger partial charge in [0.05, 0.1) is 0 Å². The van der Waals surface area contributed by atoms with Gasteiger partial charge in [-0.2, -0.15) is 8.46 Å². The van der Waals surface area contributed by atoms with Crippen LogP contribution in [0.4, 0.5) is 0 Å². The first-order valence-corrected chi connectivity index (χ1v) is 9.62. The maximum atomic E-state index is 4.02. The average molecular weight is 269 g/mol. The van der Waals surface area contributed by atoms with Crippen molar-refractivity contribution < 1.29 is 0 Å². The molecule has 0 N–H and O–H groups in total. The van der Waals surface area contributed by atoms with E-state index in [0.29, 0.717) is 0 Å². The Morgan fingerprint density at radius 3 is 1.69 bits per heavy atom. The molecule has 82 valence electrons. The smallest absolute Gasteiger partial charge is 0.0136 e. The number of unbranched alkanes of at least 4 members (excludes halogenated alkanes) is 2. The fourth-order valence-corrected chi connectivity index (χ4v) is 7.07. The minimum Gasteiger partial charge on any atom is -0.183 e. The molecular formula is C11H25BrS. The van der Waals surface area contributed by atoms with Gasteiger partial charge in [0.15, 0.2) is 0 Å². The molecule has 0 saturated heterocycles. The van der Waals surface area contributed by atoms with E-state index in [9.17, 15) is 0 Å². The molecule has 0 saturated carbocycles. The molecule has 0 bridgehead atoms. The predicted molar refractivity (Wildman–Crippen MR) is 71.2 cm³/mol. The Labute approximate surface area is 93.4 Å². The van der Waals surface area contributed by atoms with Crippen molar-refractivity contribution in [3.8, 4) is 0 Å². The molecule has 0 unspecified atom stereocenters. The van der Waals surface area contributed by atoms with Crippen molar-refractivity contribution in [1.82, 2.24) is 0 Å². The summed E-state index contributed by atoms with van der Waals surface area (Å²) in [5.41, 5.74) is 0. The van der Waals surface area contributed by atoms with E-state index < -0.39 is 8.46 Å². The molecule has 0 aliphatic rings. The van der Waals surface area contributed by atoms with Gasteiger partial charge in [-0.3, -0.25) is 0 Å². The maximum Gasteiger partial charge on any atom is -0.0136 e. The molecule has 0 amide bonds. The molecule has 0 aliphatic heterocycles. The molecule has 0 radical (unpaired) electrons. The first-order chi connectivity index (χ1) is 6.18. The zero-order valence-corrected chi connectivity index (χ0v) is 11.8. The van der Waals surface area contributed by atoms with Crippen molar-refractivity contribution in [2.45, 2.75) is 52.9 Å². The summed E-state index contributed by atoms with van der Waals surface area (Å²) in [4.78, 5) is 0. The van der Waals surface area contributed by atoms with Gasteiger partial charge in [-0.05, 0) is 51.3 Å². The molecule has 0 fully saturated rings. The molecule has 0 nitrogen and oxygen atoms in total. The van der Waals surface area contributed by atoms with Gasteiger partial charge in [0.25, 0.3) is 0 Å². The molecule has 0 aromatic rings. The van der Waals surface area contributed by atoms with Gasteiger partial charge in [-0.25, -0.2) is 0 Å². The average Bonchev–Trinajstić information content (AvgIpc) is 2.05. The largest absolute Gasteiger partial charge is 0.183 e. The lowest BCUT2D eigenvalue weighted by Crippen LogP contribution is -2.06. The van der Waals surface area contributed by atoms with Crippen molar-refractivity contribution in [2.24, 2.45) is 0 Å². The van der Waals surface area contributed by atoms with Crippen molar-refractivity contribution in [1.29, 1.82) is 0 Å². The fourth-order valence-electron chi connectivity index (χ4n) is 1.65. The number of hydrogen-bond acceptors (Lipinski definition) is 0. The van der Waals surface area contributed by atoms with E-state index in [4.69, 9.17) is 0 Å². The van der Waals surface area contributed by atoms with Crippen LogP contribution >= 0.6 is 23.3 Å². The highest BCUT2D eigenvalue weighted by Gasteiger charge is 2.17. The number of hydrogen-bond donors (Lipinski definition) is 0. The van der Waals surface area contributed by atoms with Gasteiger partial charge in [0.2, 0.25) is 0 Å². The molecule has 13 heavy (non-hydrogen) atoms. The van der Waals surface area contributed by atoms with Gasteiger partial charge < -0.3 is 0 Å². The third kappa shape index (κ3) is 6.84. The van der Waals surface area contributed by atoms with Gasteiger partial charge in [0, 0.05) is 0 Å². The maximum absolute atomic E-state index is 4.02. The monoisotopic (exact) mass is 268 g/mol. The first kappa shape index (κ1) is 13.8. The van der Waals surface area contributed by atoms with Crippen LogP contribution in [0.5, 0.6) is 0 Å². The van der Waals surface area contributed by atoms with E-state index in [1.165, 1.54) is 49.4 Å². The van der Waals surface area contributed by atoms with Crippen LogP contribution in [-0.2, 0) is 0 Å². The summed E-state index contributed by atoms with van der Waals surface area (Å²) in [5, 5.41) is 0. The molecule has 0 rings (SSSR count). The first-order valence-electron chi connectivity index (χ1n) is 5.64. The normalized spacial score (nSPS) is 13.2. The van der Waals surface area contributed by atoms with Crippen molar-refractivity contribution in [3.63, 3.8) is 0 Å². The quantitative estimate of drug-likeness (QED) is 0.537. The summed E-state index contributed by atoms with van der Waals surface area (Å²) < 4.78 is 0. The Morgan fingerprint density at radius 1 is 0.769 bits per heavy atom. The number of rotatable bonds is 8. The third-order valence-corrected chi connectivity index (χ3v) is 8.47. The zero-order chi connectivity index (χ0) is 10.2. The second kappa shape index (κ2) is 8.16. The van der Waals surface area contributed by atoms with Crippen molar-refractivity contribution in [3.05, 3.63) is 0 Å². The van der Waals surface area contributed by atoms with Gasteiger partial charge in [-0.15, -0.1) is 0 Å². The molecular weight excluding hydrogens is 244 g/mol. The lowest BCUT2D eigenvalue weighted by molar-refractivity contribution is 0.775. The highest BCUT2D eigenvalue weighted by Crippen LogP contribution is 2.57. The lowest BCUT2D eigenvalue weighted by atomic mass is 10.3. The third-order valence-electron chi connectivity index (χ3n) is 2.25. The van der Waals surface area contributed by atoms with Crippen LogP contribution in [0, 0.1) is 0 Å². The minimum atomic E-state index is -0.399. The van der Waals surface area contributed by atoms with Crippen LogP contribution in [0.15, 0.2) is 0 Å². The van der Waals surface area contributed by atoms with Crippen LogP contribution in [0.1, 0.15) is 52.9 Å². The molecule has 0 heterocycles. The highest BCUT2D eigenvalue weighted by atomic mass is 79.9. The van der Waals surface area contributed by atoms with Crippen LogP contribution < -0.4 is 0 Å². The minimum absolute atomic E-state index is 0.399. The Kier molecular flexibility index (Phi) is 8.69. The topological polar surface area (TPSA) is 0 Å². The summed E-state index contributed by atoms with van der Waals surface area (Å²) >= 11 is 4.02. The molecule has 2 heteroatoms. The second-order valence-corrected chi connectivity index (χ2v) is 11.0. The summed E-state index contributed by atoms with van der Waals surface area (Å²) in [5.74, 6) is 4.29. The van der Waals surface area contributed by atoms with E-state index in [1.807, 2.05) is 0 Å². The van der Waals surface area contributed by atoms with Crippen LogP contribution in [0.25, 0.3) is 0 Å². The molecule has 0 atom stereocenters. The van der Waals surface area contributed by atoms with Crippen molar-refractivity contribution in [2.75, 3.05) is 17.3 Å². The van der Waals surface area contributed by atoms with Gasteiger partial charge in [-0.1, -0.05) is 33.6 Å². The van der Waals surface area contributed by atoms with Crippen LogP contribution in [0.3, 0.4) is 0 Å². The SMILES string of the molecule is CCCCCS(Br)(CCC)CCC. The van der Waals surface area contributed by atoms with Crippen LogP contribution in [0.2, 0.25) is 0 Å². The Hall–Kier alpha value is 0.830. The molecule has 0 aromatic carbocycles. The van der Waals surface area contributed by atoms with E-state index in [2.05, 4.69) is 35.6 Å². The van der Waals surface area contributed by atoms with E-state index >= 15 is 0 Å². The van der Waals surface area contributed by atoms with E-state index in [0.717, 1.165) is 0 Å². The highest BCUT2D eigenvalue weighted by molar-refractivity contribution is 9.58. The van der Waals surface area contributed by atoms with Crippen LogP contribution in [-0.4, -0.2) is 17.3 Å². The van der Waals surface area contributed by atoms with Crippen molar-refractivity contribution >= 4 is 23.3 Å². The fraction of sp³-hybridized carbons (Fsp3) is 1.00. The lowest BCUT2D eigenvalue weighted by Gasteiger charge is -2.33. The Morgan fingerprint density at radius 2 is 1.31 bits per heavy atom. The molecule has 0 spiro atoms. The van der Waals surface area contributed by atoms with E-state index in [-0.39, 0.29) is 0 Å². The van der Waals surface area contributed by atoms with Gasteiger partial charge >= 0.3 is 0 Å². The zero-order valence-electron chi connectivity index (χ0n) is 9.44. The predicted octanol–water partition coefficient (Wildman–Crippen LogP) is 5.11. The number of halogens is 1. The Bertz CT molecular complexity index is 109.